The number of hydrogen-bond donors (Lipinski definition) is 3. The van der Waals surface area contributed by atoms with Crippen LogP contribution in [0.1, 0.15) is 65.2 Å². The van der Waals surface area contributed by atoms with Gasteiger partial charge in [0.05, 0.1) is 6.61 Å². The van der Waals surface area contributed by atoms with Gasteiger partial charge < -0.3 is 19.4 Å². The highest BCUT2D eigenvalue weighted by molar-refractivity contribution is 7.39. The number of aryl methyl sites for hydroxylation is 1. The Bertz CT molecular complexity index is 471. The summed E-state index contributed by atoms with van der Waals surface area (Å²) in [4.78, 5) is 15.9. The molecule has 0 radical (unpaired) electrons. The van der Waals surface area contributed by atoms with Crippen LogP contribution in [0.5, 0.6) is 5.75 Å². The second-order valence-electron chi connectivity index (χ2n) is 7.36. The van der Waals surface area contributed by atoms with E-state index in [1.807, 2.05) is 6.92 Å². The van der Waals surface area contributed by atoms with Crippen LogP contribution in [0, 0.1) is 6.92 Å². The maximum absolute atomic E-state index is 10.1. The number of rotatable bonds is 2. The number of phenolic OH excluding ortho intramolecular Hbond substituents is 1. The third-order valence-electron chi connectivity index (χ3n) is 3.22. The number of benzene rings is 1. The van der Waals surface area contributed by atoms with Crippen LogP contribution < -0.4 is 0 Å². The summed E-state index contributed by atoms with van der Waals surface area (Å²) in [6.07, 6.45) is 0. The summed E-state index contributed by atoms with van der Waals surface area (Å²) in [7, 11) is -2.10. The second-order valence-corrected chi connectivity index (χ2v) is 8.12. The van der Waals surface area contributed by atoms with Crippen molar-refractivity contribution in [3.8, 4) is 5.75 Å². The molecule has 0 unspecified atom stereocenters. The first-order valence-electron chi connectivity index (χ1n) is 7.46. The first-order valence-corrected chi connectivity index (χ1v) is 8.62. The van der Waals surface area contributed by atoms with Gasteiger partial charge in [0.25, 0.3) is 0 Å². The fraction of sp³-hybridized carbons (Fsp3) is 0.647. The predicted octanol–water partition coefficient (Wildman–Crippen LogP) is 4.53. The van der Waals surface area contributed by atoms with Gasteiger partial charge in [-0.05, 0) is 41.4 Å². The van der Waals surface area contributed by atoms with E-state index in [1.165, 1.54) is 5.56 Å². The summed E-state index contributed by atoms with van der Waals surface area (Å²) in [5.41, 5.74) is 3.40. The Hall–Kier alpha value is -0.670. The Morgan fingerprint density at radius 2 is 1.50 bits per heavy atom. The van der Waals surface area contributed by atoms with E-state index in [0.29, 0.717) is 12.4 Å². The van der Waals surface area contributed by atoms with E-state index in [2.05, 4.69) is 58.2 Å². The minimum Gasteiger partial charge on any atom is -0.507 e. The lowest BCUT2D eigenvalue weighted by Crippen LogP contribution is -2.17. The van der Waals surface area contributed by atoms with Gasteiger partial charge in [0, 0.05) is 0 Å². The maximum Gasteiger partial charge on any atom is 0.327 e. The molecule has 0 atom stereocenters. The molecule has 4 nitrogen and oxygen atoms in total. The quantitative estimate of drug-likeness (QED) is 0.697. The van der Waals surface area contributed by atoms with Crippen LogP contribution in [-0.2, 0) is 15.4 Å². The van der Waals surface area contributed by atoms with E-state index >= 15 is 0 Å². The van der Waals surface area contributed by atoms with Gasteiger partial charge in [0.15, 0.2) is 0 Å². The molecule has 1 aromatic rings. The van der Waals surface area contributed by atoms with Gasteiger partial charge >= 0.3 is 8.60 Å². The molecule has 0 aliphatic rings. The minimum atomic E-state index is -2.10. The topological polar surface area (TPSA) is 69.9 Å². The molecule has 0 amide bonds. The summed E-state index contributed by atoms with van der Waals surface area (Å²) < 4.78 is 4.22. The molecule has 0 aromatic heterocycles. The summed E-state index contributed by atoms with van der Waals surface area (Å²) in [5, 5.41) is 10.1. The molecule has 0 saturated carbocycles. The van der Waals surface area contributed by atoms with Gasteiger partial charge in [-0.1, -0.05) is 53.7 Å². The molecule has 5 heteroatoms. The molecule has 3 N–H and O–H groups in total. The zero-order valence-electron chi connectivity index (χ0n) is 15.1. The van der Waals surface area contributed by atoms with Crippen LogP contribution in [0.25, 0.3) is 0 Å². The Kier molecular flexibility index (Phi) is 8.01. The number of aromatic hydroxyl groups is 1. The van der Waals surface area contributed by atoms with Crippen molar-refractivity contribution in [3.05, 3.63) is 28.8 Å². The largest absolute Gasteiger partial charge is 0.507 e. The lowest BCUT2D eigenvalue weighted by atomic mass is 9.79. The molecule has 0 aliphatic carbocycles. The van der Waals surface area contributed by atoms with Gasteiger partial charge in [0.1, 0.15) is 5.75 Å². The summed E-state index contributed by atoms with van der Waals surface area (Å²) in [6.45, 7) is 17.0. The Morgan fingerprint density at radius 1 is 1.00 bits per heavy atom. The van der Waals surface area contributed by atoms with Crippen molar-refractivity contribution in [2.24, 2.45) is 0 Å². The monoisotopic (exact) mass is 330 g/mol. The Labute approximate surface area is 136 Å². The highest BCUT2D eigenvalue weighted by atomic mass is 31.2. The first-order chi connectivity index (χ1) is 9.80. The van der Waals surface area contributed by atoms with Crippen LogP contribution in [0.4, 0.5) is 0 Å². The van der Waals surface area contributed by atoms with E-state index in [1.54, 1.807) is 6.92 Å². The van der Waals surface area contributed by atoms with Gasteiger partial charge in [-0.25, -0.2) is 0 Å². The van der Waals surface area contributed by atoms with Crippen LogP contribution in [-0.4, -0.2) is 21.5 Å². The average molecular weight is 330 g/mol. The second kappa shape index (κ2) is 8.26. The van der Waals surface area contributed by atoms with Crippen LogP contribution in [0.2, 0.25) is 0 Å². The molecule has 128 valence electrons. The van der Waals surface area contributed by atoms with Crippen molar-refractivity contribution in [1.29, 1.82) is 0 Å². The Morgan fingerprint density at radius 3 is 1.77 bits per heavy atom. The predicted molar refractivity (Wildman–Crippen MR) is 93.2 cm³/mol. The lowest BCUT2D eigenvalue weighted by molar-refractivity contribution is 0.269. The van der Waals surface area contributed by atoms with Crippen molar-refractivity contribution < 1.29 is 19.4 Å². The molecular formula is C17H31O4P. The zero-order valence-corrected chi connectivity index (χ0v) is 16.0. The molecular weight excluding hydrogens is 299 g/mol. The minimum absolute atomic E-state index is 0.0178. The Balaban J connectivity index is 0.000000626. The van der Waals surface area contributed by atoms with Gasteiger partial charge in [-0.2, -0.15) is 0 Å². The van der Waals surface area contributed by atoms with E-state index in [0.717, 1.165) is 11.1 Å². The number of hydrogen-bond acceptors (Lipinski definition) is 4. The average Bonchev–Trinajstić information content (AvgIpc) is 2.30. The van der Waals surface area contributed by atoms with Gasteiger partial charge in [0.2, 0.25) is 0 Å². The smallest absolute Gasteiger partial charge is 0.327 e. The summed E-state index contributed by atoms with van der Waals surface area (Å²) >= 11 is 0. The van der Waals surface area contributed by atoms with E-state index in [-0.39, 0.29) is 10.8 Å². The molecule has 1 rings (SSSR count). The molecule has 0 heterocycles. The highest BCUT2D eigenvalue weighted by Gasteiger charge is 2.23. The molecule has 0 bridgehead atoms. The van der Waals surface area contributed by atoms with Crippen molar-refractivity contribution in [2.45, 2.75) is 66.2 Å². The van der Waals surface area contributed by atoms with Crippen LogP contribution in [0.3, 0.4) is 0 Å². The van der Waals surface area contributed by atoms with E-state index in [4.69, 9.17) is 9.79 Å². The molecule has 0 fully saturated rings. The normalized spacial score (nSPS) is 12.1. The fourth-order valence-electron chi connectivity index (χ4n) is 1.90. The van der Waals surface area contributed by atoms with Crippen LogP contribution in [0.15, 0.2) is 12.1 Å². The van der Waals surface area contributed by atoms with E-state index in [9.17, 15) is 5.11 Å². The standard InChI is InChI=1S/C15H24O.C2H7O3P/c1-10-8-11(14(2,3)4)9-12(13(10)16)15(5,6)7;1-2-5-6(3)4/h8-9,16H,1-7H3;3-4H,2H2,1H3. The molecule has 22 heavy (non-hydrogen) atoms. The van der Waals surface area contributed by atoms with Gasteiger partial charge in [-0.15, -0.1) is 0 Å². The summed E-state index contributed by atoms with van der Waals surface area (Å²) in [6, 6.07) is 4.23. The maximum atomic E-state index is 10.1. The number of phenols is 1. The molecule has 0 aliphatic heterocycles. The van der Waals surface area contributed by atoms with Crippen molar-refractivity contribution >= 4 is 8.60 Å². The highest BCUT2D eigenvalue weighted by Crippen LogP contribution is 2.37. The molecule has 0 spiro atoms. The first kappa shape index (κ1) is 21.3. The third-order valence-corrected chi connectivity index (χ3v) is 3.71. The zero-order chi connectivity index (χ0) is 17.7. The van der Waals surface area contributed by atoms with Crippen molar-refractivity contribution in [1.82, 2.24) is 0 Å². The fourth-order valence-corrected chi connectivity index (χ4v) is 2.13. The summed E-state index contributed by atoms with van der Waals surface area (Å²) in [5.74, 6) is 0.445. The lowest BCUT2D eigenvalue weighted by Gasteiger charge is -2.26. The van der Waals surface area contributed by atoms with Crippen molar-refractivity contribution in [2.75, 3.05) is 6.61 Å². The SMILES string of the molecule is CCOP(O)O.Cc1cc(C(C)(C)C)cc(C(C)(C)C)c1O. The molecule has 0 saturated heterocycles. The molecule has 1 aromatic carbocycles. The van der Waals surface area contributed by atoms with Crippen molar-refractivity contribution in [3.63, 3.8) is 0 Å². The third kappa shape index (κ3) is 7.06. The van der Waals surface area contributed by atoms with Crippen LogP contribution >= 0.6 is 8.60 Å². The van der Waals surface area contributed by atoms with E-state index < -0.39 is 8.60 Å². The van der Waals surface area contributed by atoms with Gasteiger partial charge in [-0.3, -0.25) is 0 Å².